The second-order valence-electron chi connectivity index (χ2n) is 13.7. The second-order valence-corrected chi connectivity index (χ2v) is 18.4. The van der Waals surface area contributed by atoms with E-state index in [2.05, 4.69) is 174 Å². The summed E-state index contributed by atoms with van der Waals surface area (Å²) in [5.41, 5.74) is 6.63. The van der Waals surface area contributed by atoms with Gasteiger partial charge in [-0.2, -0.15) is 0 Å². The van der Waals surface area contributed by atoms with Crippen LogP contribution in [0.3, 0.4) is 0 Å². The lowest BCUT2D eigenvalue weighted by Crippen LogP contribution is -2.76. The molecule has 0 atom stereocenters. The molecular weight excluding hydrogens is 659 g/mol. The van der Waals surface area contributed by atoms with Crippen molar-refractivity contribution in [1.82, 2.24) is 23.9 Å². The highest BCUT2D eigenvalue weighted by Gasteiger charge is 2.47. The zero-order valence-corrected chi connectivity index (χ0v) is 30.0. The molecule has 244 valence electrons. The van der Waals surface area contributed by atoms with Gasteiger partial charge in [0.05, 0.1) is 22.1 Å². The minimum Gasteiger partial charge on any atom is -0.276 e. The minimum atomic E-state index is -3.09. The molecule has 3 aromatic heterocycles. The van der Waals surface area contributed by atoms with Crippen LogP contribution in [0.15, 0.2) is 174 Å². The van der Waals surface area contributed by atoms with Crippen molar-refractivity contribution in [2.24, 2.45) is 0 Å². The third-order valence-corrected chi connectivity index (χ3v) is 16.7. The van der Waals surface area contributed by atoms with Gasteiger partial charge in [0.25, 0.3) is 0 Å². The molecule has 1 aliphatic rings. The zero-order chi connectivity index (χ0) is 34.2. The Hall–Kier alpha value is -5.76. The predicted octanol–water partition coefficient (Wildman–Crippen LogP) is 7.39. The summed E-state index contributed by atoms with van der Waals surface area (Å²) in [6.07, 6.45) is 1.95. The van der Waals surface area contributed by atoms with Gasteiger partial charge in [-0.1, -0.05) is 147 Å². The molecule has 6 aromatic carbocycles. The molecule has 0 saturated heterocycles. The van der Waals surface area contributed by atoms with Crippen LogP contribution in [0.4, 0.5) is 0 Å². The van der Waals surface area contributed by atoms with Crippen molar-refractivity contribution >= 4 is 68.6 Å². The smallest absolute Gasteiger partial charge is 0.236 e. The number of benzene rings is 6. The van der Waals surface area contributed by atoms with Gasteiger partial charge in [0.1, 0.15) is 0 Å². The first kappa shape index (κ1) is 30.1. The van der Waals surface area contributed by atoms with E-state index in [0.717, 1.165) is 33.2 Å². The summed E-state index contributed by atoms with van der Waals surface area (Å²) in [6, 6.07) is 56.9. The van der Waals surface area contributed by atoms with Crippen molar-refractivity contribution in [3.05, 3.63) is 175 Å². The van der Waals surface area contributed by atoms with Crippen LogP contribution in [0.1, 0.15) is 25.0 Å². The van der Waals surface area contributed by atoms with Crippen molar-refractivity contribution in [3.63, 3.8) is 0 Å². The van der Waals surface area contributed by atoms with Gasteiger partial charge in [0, 0.05) is 26.7 Å². The van der Waals surface area contributed by atoms with E-state index in [1.54, 1.807) is 0 Å². The Bertz CT molecular complexity index is 2730. The number of para-hydroxylation sites is 4. The van der Waals surface area contributed by atoms with Gasteiger partial charge >= 0.3 is 0 Å². The van der Waals surface area contributed by atoms with Crippen molar-refractivity contribution in [2.75, 3.05) is 0 Å². The van der Waals surface area contributed by atoms with Crippen LogP contribution >= 0.6 is 11.8 Å². The molecule has 5 nitrogen and oxygen atoms in total. The van der Waals surface area contributed by atoms with Crippen LogP contribution in [0, 0.1) is 0 Å². The standard InChI is InChI=1S/C44H33N5SSi/c1-44(2)32-20-9-14-26-38(32)50-41-33(44)21-15-27-39(41)51(30-16-5-3-6-17-30,31-18-7-4-8-19-31)40-28-29-45-42(47-40)49-37-25-13-12-24-36(37)48-35-23-11-10-22-34(35)46-43(48)49/h3-29H,1-2H3. The Morgan fingerprint density at radius 3 is 1.96 bits per heavy atom. The number of rotatable bonds is 5. The molecule has 4 heterocycles. The molecule has 0 N–H and O–H groups in total. The molecule has 0 fully saturated rings. The summed E-state index contributed by atoms with van der Waals surface area (Å²) in [4.78, 5) is 18.5. The van der Waals surface area contributed by atoms with Crippen LogP contribution in [-0.2, 0) is 5.41 Å². The SMILES string of the molecule is CC1(C)c2ccccc2Sc2c1cccc2[Si](c1ccccc1)(c1ccccc1)c1ccnc(-n2c3ccccc3n3c4ccccc4nc23)n1. The van der Waals surface area contributed by atoms with E-state index >= 15 is 0 Å². The molecule has 0 radical (unpaired) electrons. The molecule has 0 unspecified atom stereocenters. The summed E-state index contributed by atoms with van der Waals surface area (Å²) in [7, 11) is -3.09. The average Bonchev–Trinajstić information content (AvgIpc) is 3.71. The molecule has 10 rings (SSSR count). The second kappa shape index (κ2) is 11.4. The molecule has 0 spiro atoms. The summed E-state index contributed by atoms with van der Waals surface area (Å²) in [6.45, 7) is 4.73. The van der Waals surface area contributed by atoms with E-state index < -0.39 is 8.07 Å². The van der Waals surface area contributed by atoms with Gasteiger partial charge in [-0.05, 0) is 63.1 Å². The molecule has 0 aliphatic carbocycles. The number of nitrogens with zero attached hydrogens (tertiary/aromatic N) is 5. The lowest BCUT2D eigenvalue weighted by Gasteiger charge is -2.40. The summed E-state index contributed by atoms with van der Waals surface area (Å²) < 4.78 is 4.35. The molecule has 1 aliphatic heterocycles. The van der Waals surface area contributed by atoms with Crippen molar-refractivity contribution in [1.29, 1.82) is 0 Å². The van der Waals surface area contributed by atoms with Crippen LogP contribution in [0.2, 0.25) is 0 Å². The summed E-state index contributed by atoms with van der Waals surface area (Å²) >= 11 is 1.90. The monoisotopic (exact) mass is 691 g/mol. The molecule has 0 amide bonds. The quantitative estimate of drug-likeness (QED) is 0.140. The topological polar surface area (TPSA) is 48.0 Å². The number of hydrogen-bond acceptors (Lipinski definition) is 4. The highest BCUT2D eigenvalue weighted by atomic mass is 32.2. The highest BCUT2D eigenvalue weighted by Crippen LogP contribution is 2.48. The Morgan fingerprint density at radius 2 is 1.20 bits per heavy atom. The summed E-state index contributed by atoms with van der Waals surface area (Å²) in [5, 5.41) is 4.92. The first-order chi connectivity index (χ1) is 25.1. The largest absolute Gasteiger partial charge is 0.276 e. The Kier molecular flexibility index (Phi) is 6.72. The van der Waals surface area contributed by atoms with Gasteiger partial charge in [-0.25, -0.2) is 19.5 Å². The predicted molar refractivity (Wildman–Crippen MR) is 211 cm³/mol. The van der Waals surface area contributed by atoms with E-state index in [-0.39, 0.29) is 5.41 Å². The van der Waals surface area contributed by atoms with Crippen molar-refractivity contribution in [3.8, 4) is 5.95 Å². The molecule has 7 heteroatoms. The van der Waals surface area contributed by atoms with Crippen LogP contribution in [0.5, 0.6) is 0 Å². The van der Waals surface area contributed by atoms with Crippen molar-refractivity contribution < 1.29 is 0 Å². The average molecular weight is 692 g/mol. The lowest BCUT2D eigenvalue weighted by molar-refractivity contribution is 0.608. The first-order valence-corrected chi connectivity index (χ1v) is 20.1. The van der Waals surface area contributed by atoms with Crippen LogP contribution in [-0.4, -0.2) is 32.0 Å². The fourth-order valence-electron chi connectivity index (χ4n) is 8.26. The molecule has 51 heavy (non-hydrogen) atoms. The molecular formula is C44H33N5SSi. The molecule has 0 saturated carbocycles. The number of aromatic nitrogens is 5. The Morgan fingerprint density at radius 1 is 0.569 bits per heavy atom. The van der Waals surface area contributed by atoms with Crippen LogP contribution < -0.4 is 20.9 Å². The van der Waals surface area contributed by atoms with E-state index in [0.29, 0.717) is 5.95 Å². The van der Waals surface area contributed by atoms with Crippen molar-refractivity contribution in [2.45, 2.75) is 29.1 Å². The van der Waals surface area contributed by atoms with E-state index in [1.165, 1.54) is 36.5 Å². The third-order valence-electron chi connectivity index (χ3n) is 10.6. The van der Waals surface area contributed by atoms with E-state index in [1.807, 2.05) is 24.0 Å². The van der Waals surface area contributed by atoms with Gasteiger partial charge in [-0.15, -0.1) is 0 Å². The van der Waals surface area contributed by atoms with Crippen LogP contribution in [0.25, 0.3) is 33.8 Å². The van der Waals surface area contributed by atoms with Gasteiger partial charge in [0.15, 0.2) is 0 Å². The van der Waals surface area contributed by atoms with Gasteiger partial charge in [0.2, 0.25) is 19.8 Å². The minimum absolute atomic E-state index is 0.171. The summed E-state index contributed by atoms with van der Waals surface area (Å²) in [5.74, 6) is 1.41. The molecule has 0 bridgehead atoms. The zero-order valence-electron chi connectivity index (χ0n) is 28.2. The Labute approximate surface area is 301 Å². The number of imidazole rings is 2. The number of hydrogen-bond donors (Lipinski definition) is 0. The fraction of sp³-hybridized carbons (Fsp3) is 0.0682. The molecule has 9 aromatic rings. The maximum atomic E-state index is 5.67. The maximum absolute atomic E-state index is 5.67. The normalized spacial score (nSPS) is 13.8. The van der Waals surface area contributed by atoms with E-state index in [4.69, 9.17) is 15.0 Å². The van der Waals surface area contributed by atoms with Gasteiger partial charge < -0.3 is 0 Å². The maximum Gasteiger partial charge on any atom is 0.236 e. The van der Waals surface area contributed by atoms with E-state index in [9.17, 15) is 0 Å². The highest BCUT2D eigenvalue weighted by molar-refractivity contribution is 7.99. The lowest BCUT2D eigenvalue weighted by atomic mass is 9.78. The third kappa shape index (κ3) is 4.31. The van der Waals surface area contributed by atoms with Gasteiger partial charge in [-0.3, -0.25) is 4.40 Å². The fourth-order valence-corrected chi connectivity index (χ4v) is 14.9. The number of fused-ring (bicyclic) bond motifs is 7. The first-order valence-electron chi connectivity index (χ1n) is 17.3. The Balaban J connectivity index is 1.31.